The molecule has 2 N–H and O–H groups in total. The van der Waals surface area contributed by atoms with Gasteiger partial charge in [0.05, 0.1) is 12.2 Å². The van der Waals surface area contributed by atoms with Crippen LogP contribution in [-0.4, -0.2) is 85.2 Å². The summed E-state index contributed by atoms with van der Waals surface area (Å²) in [7, 11) is 0. The molecule has 0 aliphatic carbocycles. The summed E-state index contributed by atoms with van der Waals surface area (Å²) < 4.78 is 13.2. The molecule has 0 atom stereocenters. The van der Waals surface area contributed by atoms with Crippen LogP contribution < -0.4 is 0 Å². The van der Waals surface area contributed by atoms with E-state index in [4.69, 9.17) is 14.6 Å². The lowest BCUT2D eigenvalue weighted by Gasteiger charge is -2.69. The van der Waals surface area contributed by atoms with Crippen molar-refractivity contribution in [1.29, 1.82) is 0 Å². The zero-order chi connectivity index (χ0) is 39.1. The Hall–Kier alpha value is -1.22. The Kier molecular flexibility index (Phi) is 19.6. The second-order valence-corrected chi connectivity index (χ2v) is 19.0. The van der Waals surface area contributed by atoms with Gasteiger partial charge < -0.3 is 19.7 Å². The van der Waals surface area contributed by atoms with Crippen molar-refractivity contribution in [3.05, 3.63) is 0 Å². The monoisotopic (exact) mass is 737 g/mol. The minimum atomic E-state index is -1.25. The molecule has 0 aromatic rings. The van der Waals surface area contributed by atoms with E-state index in [0.29, 0.717) is 12.8 Å². The molecular weight excluding hydrogens is 652 g/mol. The molecule has 0 radical (unpaired) electrons. The van der Waals surface area contributed by atoms with E-state index < -0.39 is 39.8 Å². The maximum absolute atomic E-state index is 14.4. The highest BCUT2D eigenvalue weighted by Crippen LogP contribution is 2.54. The van der Waals surface area contributed by atoms with E-state index in [0.717, 1.165) is 77.4 Å². The molecule has 2 saturated heterocycles. The van der Waals surface area contributed by atoms with Crippen LogP contribution in [0.2, 0.25) is 0 Å². The van der Waals surface area contributed by atoms with Gasteiger partial charge in [0.15, 0.2) is 5.66 Å². The van der Waals surface area contributed by atoms with Gasteiger partial charge in [-0.25, -0.2) is 4.79 Å². The average Bonchev–Trinajstić information content (AvgIpc) is 3.00. The zero-order valence-corrected chi connectivity index (χ0v) is 35.8. The number of ether oxygens (including phenoxy) is 2. The predicted octanol–water partition coefficient (Wildman–Crippen LogP) is 11.4. The smallest absolute Gasteiger partial charge is 0.339 e. The second-order valence-electron chi connectivity index (χ2n) is 19.0. The van der Waals surface area contributed by atoms with E-state index in [1.54, 1.807) is 0 Å². The van der Waals surface area contributed by atoms with Crippen LogP contribution in [0, 0.1) is 0 Å². The molecule has 0 unspecified atom stereocenters. The first-order valence-corrected chi connectivity index (χ1v) is 21.7. The van der Waals surface area contributed by atoms with Crippen molar-refractivity contribution in [2.45, 2.75) is 257 Å². The van der Waals surface area contributed by atoms with Crippen molar-refractivity contribution in [3.63, 3.8) is 0 Å². The predicted molar refractivity (Wildman–Crippen MR) is 215 cm³/mol. The minimum Gasteiger partial charge on any atom is -0.481 e. The van der Waals surface area contributed by atoms with E-state index in [9.17, 15) is 14.7 Å². The summed E-state index contributed by atoms with van der Waals surface area (Å²) in [6.45, 7) is 24.0. The molecule has 0 spiro atoms. The summed E-state index contributed by atoms with van der Waals surface area (Å²) in [5, 5.41) is 20.9. The number of carboxylic acids is 2. The molecule has 0 saturated carbocycles. The summed E-state index contributed by atoms with van der Waals surface area (Å²) in [4.78, 5) is 30.3. The SMILES string of the molecule is CCCCCCCCOC1CC(C)(C)N(C(CCCCCCCC(=O)O)(C(=O)O)N2C(C)(C)CC(OCCCCCCCC)CC2(C)C)C(C)(C)C1. The second kappa shape index (κ2) is 21.8. The van der Waals surface area contributed by atoms with Gasteiger partial charge in [0.2, 0.25) is 0 Å². The largest absolute Gasteiger partial charge is 0.481 e. The molecule has 8 nitrogen and oxygen atoms in total. The van der Waals surface area contributed by atoms with Crippen LogP contribution >= 0.6 is 0 Å². The highest BCUT2D eigenvalue weighted by atomic mass is 16.5. The number of carbonyl (C=O) groups is 2. The van der Waals surface area contributed by atoms with Gasteiger partial charge in [0, 0.05) is 41.8 Å². The summed E-state index contributed by atoms with van der Waals surface area (Å²) in [5.41, 5.74) is -3.01. The van der Waals surface area contributed by atoms with Gasteiger partial charge in [0.25, 0.3) is 0 Å². The van der Waals surface area contributed by atoms with Gasteiger partial charge in [-0.1, -0.05) is 97.3 Å². The maximum atomic E-state index is 14.4. The molecule has 2 aliphatic rings. The lowest BCUT2D eigenvalue weighted by Crippen LogP contribution is -2.83. The molecule has 8 heteroatoms. The quantitative estimate of drug-likeness (QED) is 0.0804. The Morgan fingerprint density at radius 3 is 1.21 bits per heavy atom. The van der Waals surface area contributed by atoms with Crippen LogP contribution in [-0.2, 0) is 19.1 Å². The molecule has 52 heavy (non-hydrogen) atoms. The molecule has 0 aromatic carbocycles. The number of rotatable bonds is 27. The molecule has 0 aromatic heterocycles. The lowest BCUT2D eigenvalue weighted by atomic mass is 9.70. The lowest BCUT2D eigenvalue weighted by molar-refractivity contribution is -0.263. The fourth-order valence-electron chi connectivity index (χ4n) is 10.7. The Morgan fingerprint density at radius 1 is 0.538 bits per heavy atom. The third kappa shape index (κ3) is 13.8. The fraction of sp³-hybridized carbons (Fsp3) is 0.955. The van der Waals surface area contributed by atoms with Gasteiger partial charge in [-0.2, -0.15) is 0 Å². The number of unbranched alkanes of at least 4 members (excludes halogenated alkanes) is 14. The van der Waals surface area contributed by atoms with Crippen LogP contribution in [0.1, 0.15) is 217 Å². The summed E-state index contributed by atoms with van der Waals surface area (Å²) >= 11 is 0. The van der Waals surface area contributed by atoms with Crippen LogP contribution in [0.3, 0.4) is 0 Å². The molecule has 2 heterocycles. The van der Waals surface area contributed by atoms with Crippen molar-refractivity contribution in [3.8, 4) is 0 Å². The number of piperidine rings is 2. The maximum Gasteiger partial charge on any atom is 0.339 e. The highest BCUT2D eigenvalue weighted by molar-refractivity contribution is 5.79. The topological polar surface area (TPSA) is 99.5 Å². The van der Waals surface area contributed by atoms with Gasteiger partial charge in [-0.3, -0.25) is 14.6 Å². The van der Waals surface area contributed by atoms with Gasteiger partial charge in [-0.05, 0) is 113 Å². The molecule has 0 bridgehead atoms. The molecule has 0 amide bonds. The number of carboxylic acid groups (broad SMARTS) is 2. The Bertz CT molecular complexity index is 946. The third-order valence-electron chi connectivity index (χ3n) is 12.0. The molecule has 2 fully saturated rings. The Balaban J connectivity index is 2.39. The summed E-state index contributed by atoms with van der Waals surface area (Å²) in [6, 6.07) is 0. The zero-order valence-electron chi connectivity index (χ0n) is 35.8. The van der Waals surface area contributed by atoms with Crippen molar-refractivity contribution in [1.82, 2.24) is 9.80 Å². The number of hydrogen-bond acceptors (Lipinski definition) is 6. The van der Waals surface area contributed by atoms with E-state index >= 15 is 0 Å². The van der Waals surface area contributed by atoms with Crippen LogP contribution in [0.5, 0.6) is 0 Å². The standard InChI is InChI=1S/C44H84N2O6/c1-11-13-15-17-22-26-30-51-36-32-40(3,4)45(41(5,6)33-36)44(39(49)50,29-25-21-19-20-24-28-38(47)48)46-42(7,8)34-37(35-43(46,9)10)52-31-27-23-18-16-14-12-2/h36-37H,11-35H2,1-10H3,(H,47,48)(H,49,50). The number of likely N-dealkylation sites (tertiary alicyclic amines) is 2. The first-order chi connectivity index (χ1) is 24.4. The number of aliphatic carboxylic acids is 2. The first-order valence-electron chi connectivity index (χ1n) is 21.7. The van der Waals surface area contributed by atoms with Crippen molar-refractivity contribution in [2.75, 3.05) is 13.2 Å². The van der Waals surface area contributed by atoms with E-state index in [2.05, 4.69) is 79.0 Å². The van der Waals surface area contributed by atoms with E-state index in [1.807, 2.05) is 0 Å². The molecule has 306 valence electrons. The Labute approximate surface area is 320 Å². The Morgan fingerprint density at radius 2 is 0.865 bits per heavy atom. The minimum absolute atomic E-state index is 0.0831. The molecule has 2 aliphatic heterocycles. The average molecular weight is 737 g/mol. The summed E-state index contributed by atoms with van der Waals surface area (Å²) in [5.74, 6) is -1.52. The van der Waals surface area contributed by atoms with Gasteiger partial charge >= 0.3 is 11.9 Å². The van der Waals surface area contributed by atoms with Gasteiger partial charge in [0.1, 0.15) is 0 Å². The number of nitrogens with zero attached hydrogens (tertiary/aromatic N) is 2. The molecule has 2 rings (SSSR count). The van der Waals surface area contributed by atoms with E-state index in [-0.39, 0.29) is 18.6 Å². The van der Waals surface area contributed by atoms with Crippen LogP contribution in [0.25, 0.3) is 0 Å². The number of hydrogen-bond donors (Lipinski definition) is 2. The summed E-state index contributed by atoms with van der Waals surface area (Å²) in [6.07, 6.45) is 22.9. The molecular formula is C44H84N2O6. The fourth-order valence-corrected chi connectivity index (χ4v) is 10.7. The van der Waals surface area contributed by atoms with Crippen molar-refractivity contribution >= 4 is 11.9 Å². The van der Waals surface area contributed by atoms with Crippen LogP contribution in [0.15, 0.2) is 0 Å². The van der Waals surface area contributed by atoms with E-state index in [1.165, 1.54) is 64.2 Å². The first kappa shape index (κ1) is 46.9. The highest BCUT2D eigenvalue weighted by Gasteiger charge is 2.66. The van der Waals surface area contributed by atoms with Crippen LogP contribution in [0.4, 0.5) is 0 Å². The third-order valence-corrected chi connectivity index (χ3v) is 12.0. The normalized spacial score (nSPS) is 21.0. The van der Waals surface area contributed by atoms with Gasteiger partial charge in [-0.15, -0.1) is 0 Å². The van der Waals surface area contributed by atoms with Crippen molar-refractivity contribution in [2.24, 2.45) is 0 Å². The van der Waals surface area contributed by atoms with Crippen molar-refractivity contribution < 1.29 is 29.3 Å².